The van der Waals surface area contributed by atoms with Gasteiger partial charge in [-0.25, -0.2) is 0 Å². The Balaban J connectivity index is 2.07. The summed E-state index contributed by atoms with van der Waals surface area (Å²) in [7, 11) is -1.09. The fourth-order valence-corrected chi connectivity index (χ4v) is 8.48. The zero-order valence-electron chi connectivity index (χ0n) is 11.6. The van der Waals surface area contributed by atoms with E-state index in [-0.39, 0.29) is 20.4 Å². The quantitative estimate of drug-likeness (QED) is 0.589. The molecule has 1 heterocycles. The zero-order valence-corrected chi connectivity index (χ0v) is 14.9. The summed E-state index contributed by atoms with van der Waals surface area (Å²) < 4.78 is 4.31. The van der Waals surface area contributed by atoms with Gasteiger partial charge < -0.3 is 0 Å². The van der Waals surface area contributed by atoms with Gasteiger partial charge in [0.2, 0.25) is 0 Å². The summed E-state index contributed by atoms with van der Waals surface area (Å²) in [6, 6.07) is 17.9. The molecule has 0 aliphatic carbocycles. The van der Waals surface area contributed by atoms with Crippen LogP contribution in [0.5, 0.6) is 0 Å². The average Bonchev–Trinajstić information content (AvgIpc) is 2.87. The van der Waals surface area contributed by atoms with Crippen LogP contribution in [-0.4, -0.2) is 28.5 Å². The van der Waals surface area contributed by atoms with Crippen molar-refractivity contribution in [3.63, 3.8) is 0 Å². The number of rotatable bonds is 2. The topological polar surface area (TPSA) is 0 Å². The van der Waals surface area contributed by atoms with E-state index in [2.05, 4.69) is 72.3 Å². The average molecular weight is 378 g/mol. The van der Waals surface area contributed by atoms with E-state index in [1.165, 1.54) is 21.9 Å². The van der Waals surface area contributed by atoms with E-state index in [4.69, 9.17) is 0 Å². The number of benzene rings is 2. The first-order valence-corrected chi connectivity index (χ1v) is 12.6. The van der Waals surface area contributed by atoms with Gasteiger partial charge in [0.15, 0.2) is 0 Å². The van der Waals surface area contributed by atoms with Gasteiger partial charge in [0.1, 0.15) is 0 Å². The van der Waals surface area contributed by atoms with Gasteiger partial charge in [-0.3, -0.25) is 0 Å². The summed E-state index contributed by atoms with van der Waals surface area (Å²) in [5.41, 5.74) is 2.85. The molecule has 0 atom stereocenters. The van der Waals surface area contributed by atoms with Crippen LogP contribution in [0.15, 0.2) is 52.6 Å². The molecule has 0 amide bonds. The van der Waals surface area contributed by atoms with Crippen molar-refractivity contribution in [3.05, 3.63) is 52.6 Å². The third-order valence-electron chi connectivity index (χ3n) is 3.42. The molecular weight excluding hydrogens is 360 g/mol. The molecule has 96 valence electrons. The number of hydrogen-bond donors (Lipinski definition) is 0. The molecule has 0 fully saturated rings. The van der Waals surface area contributed by atoms with Crippen molar-refractivity contribution in [2.45, 2.75) is 19.6 Å². The first-order chi connectivity index (χ1) is 9.04. The molecule has 0 unspecified atom stereocenters. The van der Waals surface area contributed by atoms with Gasteiger partial charge in [0.25, 0.3) is 0 Å². The Morgan fingerprint density at radius 3 is 2.21 bits per heavy atom. The molecule has 2 aromatic carbocycles. The number of hydrogen-bond acceptors (Lipinski definition) is 0. The van der Waals surface area contributed by atoms with Crippen molar-refractivity contribution < 1.29 is 0 Å². The predicted molar refractivity (Wildman–Crippen MR) is 89.3 cm³/mol. The number of fused-ring (bicyclic) bond motifs is 1. The minimum atomic E-state index is -1.09. The Labute approximate surface area is 125 Å². The van der Waals surface area contributed by atoms with Gasteiger partial charge in [-0.15, -0.1) is 0 Å². The maximum atomic E-state index is 2.52. The van der Waals surface area contributed by atoms with Crippen LogP contribution in [0.4, 0.5) is 0 Å². The molecule has 3 aromatic rings. The van der Waals surface area contributed by atoms with Gasteiger partial charge in [0, 0.05) is 0 Å². The van der Waals surface area contributed by atoms with Crippen LogP contribution >= 0.6 is 0 Å². The second-order valence-corrected chi connectivity index (χ2v) is 14.8. The van der Waals surface area contributed by atoms with Gasteiger partial charge in [-0.2, -0.15) is 0 Å². The molecule has 0 radical (unpaired) electrons. The Kier molecular flexibility index (Phi) is 3.43. The van der Waals surface area contributed by atoms with Crippen LogP contribution < -0.4 is 3.20 Å². The van der Waals surface area contributed by atoms with Gasteiger partial charge in [-0.1, -0.05) is 0 Å². The van der Waals surface area contributed by atoms with Gasteiger partial charge in [0.05, 0.1) is 0 Å². The van der Waals surface area contributed by atoms with Crippen molar-refractivity contribution in [1.82, 2.24) is 0 Å². The van der Waals surface area contributed by atoms with Crippen molar-refractivity contribution in [2.24, 2.45) is 0 Å². The normalized spacial score (nSPS) is 11.9. The summed E-state index contributed by atoms with van der Waals surface area (Å²) in [5.74, 6) is 0. The molecule has 0 aliphatic rings. The van der Waals surface area contributed by atoms with E-state index in [1.54, 1.807) is 3.20 Å². The molecule has 0 spiro atoms. The van der Waals surface area contributed by atoms with E-state index in [9.17, 15) is 0 Å². The van der Waals surface area contributed by atoms with Crippen molar-refractivity contribution in [3.8, 4) is 11.1 Å². The second-order valence-electron chi connectivity index (χ2n) is 6.01. The SMILES string of the molecule is C[Si](C)(C)c1cc(-c2ccc3ccccc3c2)c[te]1. The molecule has 3 rings (SSSR count). The van der Waals surface area contributed by atoms with Gasteiger partial charge >= 0.3 is 126 Å². The van der Waals surface area contributed by atoms with Crippen LogP contribution in [0.2, 0.25) is 19.6 Å². The third-order valence-corrected chi connectivity index (χ3v) is 13.2. The second kappa shape index (κ2) is 4.94. The van der Waals surface area contributed by atoms with Crippen LogP contribution in [-0.2, 0) is 0 Å². The molecular formula is C17H18SiTe. The van der Waals surface area contributed by atoms with Gasteiger partial charge in [-0.05, 0) is 0 Å². The summed E-state index contributed by atoms with van der Waals surface area (Å²) in [4.78, 5) is 0. The van der Waals surface area contributed by atoms with E-state index < -0.39 is 8.07 Å². The summed E-state index contributed by atoms with van der Waals surface area (Å²) in [6.07, 6.45) is 0. The van der Waals surface area contributed by atoms with E-state index in [1.807, 2.05) is 0 Å². The molecule has 0 bridgehead atoms. The summed E-state index contributed by atoms with van der Waals surface area (Å²) in [6.45, 7) is 7.38. The fraction of sp³-hybridized carbons (Fsp3) is 0.176. The predicted octanol–water partition coefficient (Wildman–Crippen LogP) is 4.11. The molecule has 1 aromatic heterocycles. The molecule has 0 nitrogen and oxygen atoms in total. The molecule has 0 saturated carbocycles. The molecule has 19 heavy (non-hydrogen) atoms. The van der Waals surface area contributed by atoms with Crippen molar-refractivity contribution in [1.29, 1.82) is 0 Å². The monoisotopic (exact) mass is 380 g/mol. The Morgan fingerprint density at radius 1 is 0.789 bits per heavy atom. The first-order valence-electron chi connectivity index (χ1n) is 6.62. The van der Waals surface area contributed by atoms with Crippen molar-refractivity contribution >= 4 is 42.5 Å². The van der Waals surface area contributed by atoms with Crippen LogP contribution in [0.3, 0.4) is 0 Å². The van der Waals surface area contributed by atoms with E-state index in [0.29, 0.717) is 0 Å². The zero-order chi connectivity index (χ0) is 13.5. The van der Waals surface area contributed by atoms with Crippen molar-refractivity contribution in [2.75, 3.05) is 0 Å². The van der Waals surface area contributed by atoms with Crippen LogP contribution in [0.25, 0.3) is 21.9 Å². The maximum absolute atomic E-state index is 2.52. The molecule has 2 heteroatoms. The van der Waals surface area contributed by atoms with Crippen LogP contribution in [0, 0.1) is 0 Å². The molecule has 0 saturated heterocycles. The summed E-state index contributed by atoms with van der Waals surface area (Å²) in [5, 5.41) is 2.67. The summed E-state index contributed by atoms with van der Waals surface area (Å²) >= 11 is -0.0470. The third kappa shape index (κ3) is 2.72. The molecule has 0 N–H and O–H groups in total. The van der Waals surface area contributed by atoms with Crippen LogP contribution in [0.1, 0.15) is 0 Å². The minimum absolute atomic E-state index is 0.0470. The standard InChI is InChI=1S/C17H18SiTe/c1-18(2,3)17-11-16(12-19-17)15-9-8-13-6-4-5-7-14(13)10-15/h4-12H,1-3H3. The first kappa shape index (κ1) is 13.2. The van der Waals surface area contributed by atoms with E-state index >= 15 is 0 Å². The Bertz CT molecular complexity index is 719. The fourth-order valence-electron chi connectivity index (χ4n) is 2.25. The van der Waals surface area contributed by atoms with E-state index in [0.717, 1.165) is 0 Å². The Morgan fingerprint density at radius 2 is 1.53 bits per heavy atom. The molecule has 0 aliphatic heterocycles. The Hall–Kier alpha value is -0.814.